The first-order chi connectivity index (χ1) is 23.2. The Labute approximate surface area is 280 Å². The summed E-state index contributed by atoms with van der Waals surface area (Å²) in [6.07, 6.45) is 12.9. The predicted octanol–water partition coefficient (Wildman–Crippen LogP) is 12.6. The van der Waals surface area contributed by atoms with E-state index in [1.165, 1.54) is 44.5 Å². The first-order valence-corrected chi connectivity index (χ1v) is 16.6. The number of allylic oxidation sites excluding steroid dienone is 2. The Balaban J connectivity index is 1.16. The standard InChI is InChI=1S/C46H41N/c1-3-36-24-30-43(31-25-36)47(44-32-26-37(4-2)27-33-44)45-34-28-40(29-35-45)23-22-39-20-18-38(19-21-39)12-11-17-46(41-13-7-5-8-14-41)42-15-9-6-10-16-42/h5-35H,3-4H2,1-2H3. The van der Waals surface area contributed by atoms with Crippen LogP contribution in [0, 0.1) is 0 Å². The highest BCUT2D eigenvalue weighted by molar-refractivity contribution is 5.82. The molecule has 47 heavy (non-hydrogen) atoms. The Kier molecular flexibility index (Phi) is 10.4. The summed E-state index contributed by atoms with van der Waals surface area (Å²) in [7, 11) is 0. The third-order valence-electron chi connectivity index (χ3n) is 8.48. The van der Waals surface area contributed by atoms with Gasteiger partial charge in [-0.3, -0.25) is 0 Å². The second-order valence-electron chi connectivity index (χ2n) is 11.6. The summed E-state index contributed by atoms with van der Waals surface area (Å²) in [4.78, 5) is 2.33. The Hall–Kier alpha value is -5.66. The minimum Gasteiger partial charge on any atom is -0.311 e. The van der Waals surface area contributed by atoms with Crippen LogP contribution in [-0.2, 0) is 12.8 Å². The van der Waals surface area contributed by atoms with Crippen molar-refractivity contribution in [3.63, 3.8) is 0 Å². The fourth-order valence-corrected chi connectivity index (χ4v) is 5.70. The lowest BCUT2D eigenvalue weighted by atomic mass is 9.97. The summed E-state index contributed by atoms with van der Waals surface area (Å²) < 4.78 is 0. The van der Waals surface area contributed by atoms with Gasteiger partial charge < -0.3 is 4.90 Å². The first-order valence-electron chi connectivity index (χ1n) is 16.6. The van der Waals surface area contributed by atoms with Crippen molar-refractivity contribution in [3.8, 4) is 0 Å². The van der Waals surface area contributed by atoms with Gasteiger partial charge in [0.05, 0.1) is 0 Å². The number of hydrogen-bond donors (Lipinski definition) is 0. The van der Waals surface area contributed by atoms with Gasteiger partial charge in [0.2, 0.25) is 0 Å². The van der Waals surface area contributed by atoms with Gasteiger partial charge in [-0.15, -0.1) is 0 Å². The van der Waals surface area contributed by atoms with Gasteiger partial charge in [0, 0.05) is 17.1 Å². The van der Waals surface area contributed by atoms with Crippen LogP contribution >= 0.6 is 0 Å². The molecular formula is C46H41N. The second kappa shape index (κ2) is 15.6. The molecule has 0 amide bonds. The van der Waals surface area contributed by atoms with E-state index in [9.17, 15) is 0 Å². The minimum atomic E-state index is 1.04. The summed E-state index contributed by atoms with van der Waals surface area (Å²) in [5.74, 6) is 0. The average Bonchev–Trinajstić information content (AvgIpc) is 3.15. The van der Waals surface area contributed by atoms with Crippen LogP contribution in [0.15, 0.2) is 170 Å². The molecule has 0 aromatic heterocycles. The molecule has 0 bridgehead atoms. The van der Waals surface area contributed by atoms with Crippen LogP contribution in [-0.4, -0.2) is 0 Å². The fraction of sp³-hybridized carbons (Fsp3) is 0.0870. The van der Waals surface area contributed by atoms with Gasteiger partial charge in [0.15, 0.2) is 0 Å². The summed E-state index contributed by atoms with van der Waals surface area (Å²) in [6, 6.07) is 56.4. The highest BCUT2D eigenvalue weighted by Crippen LogP contribution is 2.35. The van der Waals surface area contributed by atoms with Crippen LogP contribution in [0.2, 0.25) is 0 Å². The molecule has 230 valence electrons. The molecule has 0 saturated carbocycles. The Bertz CT molecular complexity index is 1840. The third kappa shape index (κ3) is 8.14. The van der Waals surface area contributed by atoms with Crippen molar-refractivity contribution in [3.05, 3.63) is 209 Å². The molecule has 0 spiro atoms. The highest BCUT2D eigenvalue weighted by atomic mass is 15.1. The van der Waals surface area contributed by atoms with Crippen LogP contribution in [0.4, 0.5) is 17.1 Å². The SMILES string of the molecule is CCc1ccc(N(c2ccc(C=Cc3ccc(C=CC=C(c4ccccc4)c4ccccc4)cc3)cc2)c2ccc(CC)cc2)cc1. The molecule has 0 aliphatic rings. The van der Waals surface area contributed by atoms with Crippen molar-refractivity contribution in [1.29, 1.82) is 0 Å². The molecule has 0 atom stereocenters. The predicted molar refractivity (Wildman–Crippen MR) is 204 cm³/mol. The Morgan fingerprint density at radius 2 is 0.787 bits per heavy atom. The van der Waals surface area contributed by atoms with Gasteiger partial charge in [-0.2, -0.15) is 0 Å². The summed E-state index contributed by atoms with van der Waals surface area (Å²) in [6.45, 7) is 4.39. The quantitative estimate of drug-likeness (QED) is 0.105. The zero-order valence-electron chi connectivity index (χ0n) is 27.3. The lowest BCUT2D eigenvalue weighted by Crippen LogP contribution is -2.10. The van der Waals surface area contributed by atoms with Crippen molar-refractivity contribution in [2.45, 2.75) is 26.7 Å². The van der Waals surface area contributed by atoms with Crippen molar-refractivity contribution in [1.82, 2.24) is 0 Å². The van der Waals surface area contributed by atoms with E-state index in [1.807, 2.05) is 0 Å². The fourth-order valence-electron chi connectivity index (χ4n) is 5.70. The molecule has 6 rings (SSSR count). The number of aryl methyl sites for hydroxylation is 2. The molecule has 0 aliphatic carbocycles. The Morgan fingerprint density at radius 1 is 0.426 bits per heavy atom. The van der Waals surface area contributed by atoms with E-state index in [0.717, 1.165) is 29.9 Å². The van der Waals surface area contributed by atoms with E-state index < -0.39 is 0 Å². The van der Waals surface area contributed by atoms with Crippen molar-refractivity contribution in [2.75, 3.05) is 4.90 Å². The third-order valence-corrected chi connectivity index (χ3v) is 8.48. The summed E-state index contributed by atoms with van der Waals surface area (Å²) in [5, 5.41) is 0. The van der Waals surface area contributed by atoms with Gasteiger partial charge in [-0.1, -0.05) is 166 Å². The van der Waals surface area contributed by atoms with Gasteiger partial charge >= 0.3 is 0 Å². The normalized spacial score (nSPS) is 11.2. The molecule has 6 aromatic rings. The average molecular weight is 608 g/mol. The van der Waals surface area contributed by atoms with Gasteiger partial charge in [0.1, 0.15) is 0 Å². The summed E-state index contributed by atoms with van der Waals surface area (Å²) >= 11 is 0. The molecule has 6 aromatic carbocycles. The maximum Gasteiger partial charge on any atom is 0.0462 e. The second-order valence-corrected chi connectivity index (χ2v) is 11.6. The molecule has 0 fully saturated rings. The molecule has 0 N–H and O–H groups in total. The van der Waals surface area contributed by atoms with Crippen LogP contribution in [0.25, 0.3) is 23.8 Å². The van der Waals surface area contributed by atoms with Gasteiger partial charge in [0.25, 0.3) is 0 Å². The molecule has 1 heteroatoms. The molecule has 0 aliphatic heterocycles. The van der Waals surface area contributed by atoms with Crippen LogP contribution in [0.3, 0.4) is 0 Å². The van der Waals surface area contributed by atoms with Crippen molar-refractivity contribution >= 4 is 40.9 Å². The monoisotopic (exact) mass is 607 g/mol. The van der Waals surface area contributed by atoms with Crippen molar-refractivity contribution < 1.29 is 0 Å². The maximum atomic E-state index is 2.33. The van der Waals surface area contributed by atoms with E-state index >= 15 is 0 Å². The number of rotatable bonds is 11. The maximum absolute atomic E-state index is 2.33. The Morgan fingerprint density at radius 3 is 1.19 bits per heavy atom. The van der Waals surface area contributed by atoms with E-state index in [2.05, 4.69) is 207 Å². The minimum absolute atomic E-state index is 1.04. The first kappa shape index (κ1) is 31.3. The molecule has 0 saturated heterocycles. The van der Waals surface area contributed by atoms with Gasteiger partial charge in [-0.05, 0) is 93.8 Å². The largest absolute Gasteiger partial charge is 0.311 e. The van der Waals surface area contributed by atoms with E-state index in [4.69, 9.17) is 0 Å². The smallest absolute Gasteiger partial charge is 0.0462 e. The molecular weight excluding hydrogens is 567 g/mol. The van der Waals surface area contributed by atoms with Gasteiger partial charge in [-0.25, -0.2) is 0 Å². The zero-order valence-corrected chi connectivity index (χ0v) is 27.3. The number of benzene rings is 6. The van der Waals surface area contributed by atoms with E-state index in [-0.39, 0.29) is 0 Å². The molecule has 0 unspecified atom stereocenters. The van der Waals surface area contributed by atoms with Crippen LogP contribution in [0.1, 0.15) is 52.8 Å². The number of anilines is 3. The van der Waals surface area contributed by atoms with E-state index in [0.29, 0.717) is 0 Å². The molecule has 0 radical (unpaired) electrons. The van der Waals surface area contributed by atoms with Crippen LogP contribution < -0.4 is 4.90 Å². The molecule has 1 nitrogen and oxygen atoms in total. The number of hydrogen-bond acceptors (Lipinski definition) is 1. The van der Waals surface area contributed by atoms with Crippen molar-refractivity contribution in [2.24, 2.45) is 0 Å². The van der Waals surface area contributed by atoms with Crippen LogP contribution in [0.5, 0.6) is 0 Å². The van der Waals surface area contributed by atoms with E-state index in [1.54, 1.807) is 0 Å². The highest BCUT2D eigenvalue weighted by Gasteiger charge is 2.12. The topological polar surface area (TPSA) is 3.24 Å². The summed E-state index contributed by atoms with van der Waals surface area (Å²) in [5.41, 5.74) is 13.3. The lowest BCUT2D eigenvalue weighted by molar-refractivity contribution is 1.13. The zero-order chi connectivity index (χ0) is 32.3. The lowest BCUT2D eigenvalue weighted by Gasteiger charge is -2.26. The number of nitrogens with zero attached hydrogens (tertiary/aromatic N) is 1. The molecule has 0 heterocycles.